The third-order valence-electron chi connectivity index (χ3n) is 2.95. The number of nitrogens with one attached hydrogen (secondary N) is 1. The fourth-order valence-corrected chi connectivity index (χ4v) is 1.92. The van der Waals surface area contributed by atoms with E-state index in [4.69, 9.17) is 11.6 Å². The van der Waals surface area contributed by atoms with Crippen LogP contribution in [0.2, 0.25) is 5.02 Å². The van der Waals surface area contributed by atoms with Crippen LogP contribution in [0, 0.1) is 13.8 Å². The van der Waals surface area contributed by atoms with Gasteiger partial charge in [0.1, 0.15) is 0 Å². The van der Waals surface area contributed by atoms with Gasteiger partial charge in [-0.15, -0.1) is 0 Å². The SMILES string of the molecule is Cc1nn(CCC(=O)NN=Cc2ccncc2)c(C)c1Cl. The summed E-state index contributed by atoms with van der Waals surface area (Å²) in [4.78, 5) is 15.6. The Morgan fingerprint density at radius 3 is 2.76 bits per heavy atom. The Morgan fingerprint density at radius 2 is 2.14 bits per heavy atom. The quantitative estimate of drug-likeness (QED) is 0.679. The van der Waals surface area contributed by atoms with Gasteiger partial charge in [0.25, 0.3) is 0 Å². The van der Waals surface area contributed by atoms with Gasteiger partial charge in [0.2, 0.25) is 5.91 Å². The number of amides is 1. The second-order valence-electron chi connectivity index (χ2n) is 4.53. The summed E-state index contributed by atoms with van der Waals surface area (Å²) >= 11 is 6.05. The second-order valence-corrected chi connectivity index (χ2v) is 4.91. The van der Waals surface area contributed by atoms with Crippen molar-refractivity contribution in [2.45, 2.75) is 26.8 Å². The molecule has 2 aromatic heterocycles. The van der Waals surface area contributed by atoms with Crippen LogP contribution < -0.4 is 5.43 Å². The highest BCUT2D eigenvalue weighted by molar-refractivity contribution is 6.31. The van der Waals surface area contributed by atoms with Crippen LogP contribution in [0.15, 0.2) is 29.6 Å². The number of halogens is 1. The summed E-state index contributed by atoms with van der Waals surface area (Å²) < 4.78 is 1.73. The Kier molecular flexibility index (Phi) is 5.05. The number of carbonyl (C=O) groups is 1. The van der Waals surface area contributed by atoms with Gasteiger partial charge in [-0.1, -0.05) is 11.6 Å². The van der Waals surface area contributed by atoms with Crippen molar-refractivity contribution < 1.29 is 4.79 Å². The number of carbonyl (C=O) groups excluding carboxylic acids is 1. The number of rotatable bonds is 5. The molecule has 0 spiro atoms. The van der Waals surface area contributed by atoms with Crippen molar-refractivity contribution in [2.24, 2.45) is 5.10 Å². The van der Waals surface area contributed by atoms with Crippen molar-refractivity contribution in [3.8, 4) is 0 Å². The zero-order valence-corrected chi connectivity index (χ0v) is 12.6. The molecule has 21 heavy (non-hydrogen) atoms. The molecule has 0 aliphatic carbocycles. The van der Waals surface area contributed by atoms with E-state index in [0.29, 0.717) is 11.6 Å². The van der Waals surface area contributed by atoms with Gasteiger partial charge >= 0.3 is 0 Å². The molecule has 2 heterocycles. The molecule has 0 unspecified atom stereocenters. The van der Waals surface area contributed by atoms with Crippen LogP contribution in [0.3, 0.4) is 0 Å². The van der Waals surface area contributed by atoms with Crippen molar-refractivity contribution in [3.05, 3.63) is 46.5 Å². The van der Waals surface area contributed by atoms with Crippen LogP contribution in [-0.4, -0.2) is 26.9 Å². The van der Waals surface area contributed by atoms with Crippen molar-refractivity contribution in [1.29, 1.82) is 0 Å². The molecule has 6 nitrogen and oxygen atoms in total. The highest BCUT2D eigenvalue weighted by Gasteiger charge is 2.10. The van der Waals surface area contributed by atoms with Gasteiger partial charge in [-0.3, -0.25) is 14.5 Å². The van der Waals surface area contributed by atoms with E-state index in [9.17, 15) is 4.79 Å². The minimum absolute atomic E-state index is 0.177. The first-order valence-corrected chi connectivity index (χ1v) is 6.87. The zero-order chi connectivity index (χ0) is 15.2. The normalized spacial score (nSPS) is 11.0. The Balaban J connectivity index is 1.82. The van der Waals surface area contributed by atoms with Gasteiger partial charge < -0.3 is 0 Å². The van der Waals surface area contributed by atoms with E-state index in [1.165, 1.54) is 0 Å². The predicted molar refractivity (Wildman–Crippen MR) is 81.3 cm³/mol. The summed E-state index contributed by atoms with van der Waals surface area (Å²) in [6.45, 7) is 4.18. The van der Waals surface area contributed by atoms with Crippen molar-refractivity contribution in [3.63, 3.8) is 0 Å². The largest absolute Gasteiger partial charge is 0.273 e. The van der Waals surface area contributed by atoms with Gasteiger partial charge in [0.05, 0.1) is 29.2 Å². The van der Waals surface area contributed by atoms with Crippen molar-refractivity contribution in [1.82, 2.24) is 20.2 Å². The topological polar surface area (TPSA) is 72.2 Å². The number of hydrogen-bond acceptors (Lipinski definition) is 4. The van der Waals surface area contributed by atoms with Crippen molar-refractivity contribution in [2.75, 3.05) is 0 Å². The van der Waals surface area contributed by atoms with E-state index in [2.05, 4.69) is 20.6 Å². The summed E-state index contributed by atoms with van der Waals surface area (Å²) in [7, 11) is 0. The van der Waals surface area contributed by atoms with E-state index < -0.39 is 0 Å². The summed E-state index contributed by atoms with van der Waals surface area (Å²) in [5.74, 6) is -0.177. The molecule has 0 atom stereocenters. The van der Waals surface area contributed by atoms with Gasteiger partial charge in [-0.05, 0) is 31.5 Å². The first-order valence-electron chi connectivity index (χ1n) is 6.49. The summed E-state index contributed by atoms with van der Waals surface area (Å²) in [5, 5.41) is 8.80. The summed E-state index contributed by atoms with van der Waals surface area (Å²) in [6.07, 6.45) is 5.18. The van der Waals surface area contributed by atoms with E-state index >= 15 is 0 Å². The molecule has 0 saturated carbocycles. The number of hydrogen-bond donors (Lipinski definition) is 1. The number of hydrazone groups is 1. The molecule has 1 N–H and O–H groups in total. The van der Waals surface area contributed by atoms with Gasteiger partial charge in [0, 0.05) is 18.8 Å². The van der Waals surface area contributed by atoms with Crippen LogP contribution in [0.4, 0.5) is 0 Å². The molecule has 7 heteroatoms. The monoisotopic (exact) mass is 305 g/mol. The summed E-state index contributed by atoms with van der Waals surface area (Å²) in [5.41, 5.74) is 4.98. The van der Waals surface area contributed by atoms with Crippen molar-refractivity contribution >= 4 is 23.7 Å². The molecule has 110 valence electrons. The van der Waals surface area contributed by atoms with Crippen LogP contribution in [0.1, 0.15) is 23.4 Å². The summed E-state index contributed by atoms with van der Waals surface area (Å²) in [6, 6.07) is 3.60. The van der Waals surface area contributed by atoms with Crippen LogP contribution in [0.5, 0.6) is 0 Å². The number of aryl methyl sites for hydroxylation is 2. The van der Waals surface area contributed by atoms with E-state index in [1.54, 1.807) is 35.4 Å². The first-order chi connectivity index (χ1) is 10.1. The maximum Gasteiger partial charge on any atom is 0.241 e. The predicted octanol–water partition coefficient (Wildman–Crippen LogP) is 2.09. The average Bonchev–Trinajstić information content (AvgIpc) is 2.73. The third-order valence-corrected chi connectivity index (χ3v) is 3.50. The molecule has 0 saturated heterocycles. The van der Waals surface area contributed by atoms with E-state index in [-0.39, 0.29) is 12.3 Å². The van der Waals surface area contributed by atoms with Crippen LogP contribution in [-0.2, 0) is 11.3 Å². The Hall–Kier alpha value is -2.21. The lowest BCUT2D eigenvalue weighted by Gasteiger charge is -2.03. The standard InChI is InChI=1S/C14H16ClN5O/c1-10-14(15)11(2)20(19-10)8-5-13(21)18-17-9-12-3-6-16-7-4-12/h3-4,6-7,9H,5,8H2,1-2H3,(H,18,21). The fourth-order valence-electron chi connectivity index (χ4n) is 1.78. The molecule has 0 aromatic carbocycles. The lowest BCUT2D eigenvalue weighted by atomic mass is 10.3. The Labute approximate surface area is 127 Å². The number of aromatic nitrogens is 3. The molecule has 0 radical (unpaired) electrons. The average molecular weight is 306 g/mol. The number of pyridine rings is 1. The van der Waals surface area contributed by atoms with Gasteiger partial charge in [0.15, 0.2) is 0 Å². The van der Waals surface area contributed by atoms with Gasteiger partial charge in [-0.25, -0.2) is 5.43 Å². The van der Waals surface area contributed by atoms with E-state index in [1.807, 2.05) is 13.8 Å². The maximum absolute atomic E-state index is 11.7. The fraction of sp³-hybridized carbons (Fsp3) is 0.286. The molecule has 2 rings (SSSR count). The highest BCUT2D eigenvalue weighted by atomic mass is 35.5. The molecule has 0 aliphatic heterocycles. The molecular formula is C14H16ClN5O. The highest BCUT2D eigenvalue weighted by Crippen LogP contribution is 2.18. The molecular weight excluding hydrogens is 290 g/mol. The Bertz CT molecular complexity index is 651. The lowest BCUT2D eigenvalue weighted by Crippen LogP contribution is -2.20. The number of nitrogens with zero attached hydrogens (tertiary/aromatic N) is 4. The first kappa shape index (κ1) is 15.2. The van der Waals surface area contributed by atoms with Crippen LogP contribution in [0.25, 0.3) is 0 Å². The molecule has 0 bridgehead atoms. The Morgan fingerprint density at radius 1 is 1.43 bits per heavy atom. The van der Waals surface area contributed by atoms with Crippen LogP contribution >= 0.6 is 11.6 Å². The second kappa shape index (κ2) is 6.99. The maximum atomic E-state index is 11.7. The minimum atomic E-state index is -0.177. The zero-order valence-electron chi connectivity index (χ0n) is 11.9. The van der Waals surface area contributed by atoms with E-state index in [0.717, 1.165) is 17.0 Å². The molecule has 0 aliphatic rings. The van der Waals surface area contributed by atoms with Gasteiger partial charge in [-0.2, -0.15) is 10.2 Å². The molecule has 1 amide bonds. The molecule has 2 aromatic rings. The minimum Gasteiger partial charge on any atom is -0.273 e. The third kappa shape index (κ3) is 4.13. The molecule has 0 fully saturated rings. The smallest absolute Gasteiger partial charge is 0.241 e. The lowest BCUT2D eigenvalue weighted by molar-refractivity contribution is -0.121.